The fourth-order valence-electron chi connectivity index (χ4n) is 2.01. The molecule has 0 unspecified atom stereocenters. The number of fused-ring (bicyclic) bond motifs is 1. The first-order valence-corrected chi connectivity index (χ1v) is 4.74. The molecular weight excluding hydrogens is 285 g/mol. The van der Waals surface area contributed by atoms with Crippen molar-refractivity contribution >= 4 is 5.57 Å². The molecule has 0 bridgehead atoms. The fraction of sp³-hybridized carbons (Fsp3) is 0.417. The molecule has 1 nitrogen and oxygen atoms in total. The van der Waals surface area contributed by atoms with Gasteiger partial charge >= 0.3 is 0 Å². The molecular formula is C12H16IN. The Hall–Kier alpha value is -0.380. The van der Waals surface area contributed by atoms with Crippen molar-refractivity contribution in [2.45, 2.75) is 33.2 Å². The molecule has 0 saturated carbocycles. The molecule has 0 aromatic heterocycles. The summed E-state index contributed by atoms with van der Waals surface area (Å²) in [5.41, 5.74) is 2.93. The van der Waals surface area contributed by atoms with Crippen LogP contribution in [0.25, 0.3) is 5.57 Å². The van der Waals surface area contributed by atoms with E-state index in [2.05, 4.69) is 50.9 Å². The summed E-state index contributed by atoms with van der Waals surface area (Å²) in [6.07, 6.45) is 0. The monoisotopic (exact) mass is 301 g/mol. The average Bonchev–Trinajstić information content (AvgIpc) is 2.24. The minimum absolute atomic E-state index is 0. The predicted octanol–water partition coefficient (Wildman–Crippen LogP) is -3.34. The molecule has 2 rings (SSSR count). The van der Waals surface area contributed by atoms with Crippen LogP contribution >= 0.6 is 0 Å². The normalized spacial score (nSPS) is 17.0. The summed E-state index contributed by atoms with van der Waals surface area (Å²) in [5, 5.41) is 2.69. The second-order valence-electron chi connectivity index (χ2n) is 4.37. The molecule has 0 aliphatic carbocycles. The molecule has 1 aromatic carbocycles. The Labute approximate surface area is 102 Å². The first-order chi connectivity index (χ1) is 6.02. The van der Waals surface area contributed by atoms with Gasteiger partial charge in [-0.2, -0.15) is 0 Å². The summed E-state index contributed by atoms with van der Waals surface area (Å²) in [7, 11) is 0. The maximum Gasteiger partial charge on any atom is 0.206 e. The second kappa shape index (κ2) is 3.65. The quantitative estimate of drug-likeness (QED) is 0.482. The van der Waals surface area contributed by atoms with E-state index < -0.39 is 0 Å². The summed E-state index contributed by atoms with van der Waals surface area (Å²) in [6, 6.07) is 6.43. The lowest BCUT2D eigenvalue weighted by Gasteiger charge is -2.09. The third kappa shape index (κ3) is 1.60. The first-order valence-electron chi connectivity index (χ1n) is 4.74. The highest BCUT2D eigenvalue weighted by Gasteiger charge is 2.30. The summed E-state index contributed by atoms with van der Waals surface area (Å²) >= 11 is 0. The minimum atomic E-state index is 0. The van der Waals surface area contributed by atoms with Gasteiger partial charge in [-0.25, -0.2) is 4.99 Å². The SMILES string of the molecule is CC1=c2c(C)cccc2=[NH+]C1(C)C.[I-]. The number of aryl methyl sites for hydroxylation is 1. The van der Waals surface area contributed by atoms with Gasteiger partial charge in [0.1, 0.15) is 0 Å². The lowest BCUT2D eigenvalue weighted by molar-refractivity contribution is -0.558. The van der Waals surface area contributed by atoms with Gasteiger partial charge in [-0.1, -0.05) is 12.1 Å². The summed E-state index contributed by atoms with van der Waals surface area (Å²) in [5.74, 6) is 0. The predicted molar refractivity (Wildman–Crippen MR) is 53.7 cm³/mol. The van der Waals surface area contributed by atoms with Gasteiger partial charge < -0.3 is 24.0 Å². The zero-order valence-electron chi connectivity index (χ0n) is 9.11. The number of hydrogen-bond donors (Lipinski definition) is 1. The van der Waals surface area contributed by atoms with Crippen LogP contribution < -0.4 is 39.5 Å². The molecule has 1 heterocycles. The van der Waals surface area contributed by atoms with Gasteiger partial charge in [-0.15, -0.1) is 0 Å². The van der Waals surface area contributed by atoms with Crippen LogP contribution in [0.1, 0.15) is 26.3 Å². The lowest BCUT2D eigenvalue weighted by Crippen LogP contribution is -3.00. The third-order valence-electron chi connectivity index (χ3n) is 3.03. The van der Waals surface area contributed by atoms with E-state index in [1.807, 2.05) is 0 Å². The van der Waals surface area contributed by atoms with E-state index in [1.165, 1.54) is 21.7 Å². The third-order valence-corrected chi connectivity index (χ3v) is 3.03. The van der Waals surface area contributed by atoms with Gasteiger partial charge in [0.15, 0.2) is 5.54 Å². The molecule has 1 aliphatic rings. The van der Waals surface area contributed by atoms with Crippen LogP contribution in [0.3, 0.4) is 0 Å². The average molecular weight is 301 g/mol. The standard InChI is InChI=1S/C12H15N.HI/c1-8-6-5-7-10-11(8)9(2)12(3,4)13-10;/h5-7H,1-4H3;1H. The Kier molecular flexibility index (Phi) is 3.04. The van der Waals surface area contributed by atoms with Crippen molar-refractivity contribution in [1.29, 1.82) is 0 Å². The molecule has 2 heteroatoms. The Balaban J connectivity index is 0.000000980. The van der Waals surface area contributed by atoms with Crippen molar-refractivity contribution in [3.63, 3.8) is 0 Å². The van der Waals surface area contributed by atoms with E-state index in [0.29, 0.717) is 0 Å². The van der Waals surface area contributed by atoms with Crippen LogP contribution in [0.2, 0.25) is 0 Å². The van der Waals surface area contributed by atoms with Crippen molar-refractivity contribution in [3.8, 4) is 0 Å². The van der Waals surface area contributed by atoms with Crippen LogP contribution in [0, 0.1) is 6.92 Å². The second-order valence-corrected chi connectivity index (χ2v) is 4.37. The maximum absolute atomic E-state index is 3.53. The molecule has 76 valence electrons. The van der Waals surface area contributed by atoms with Crippen LogP contribution in [0.4, 0.5) is 0 Å². The van der Waals surface area contributed by atoms with E-state index in [1.54, 1.807) is 0 Å². The zero-order chi connectivity index (χ0) is 9.64. The minimum Gasteiger partial charge on any atom is -1.00 e. The van der Waals surface area contributed by atoms with Crippen molar-refractivity contribution in [3.05, 3.63) is 34.3 Å². The Bertz CT molecular complexity index is 472. The van der Waals surface area contributed by atoms with Crippen LogP contribution in [0.5, 0.6) is 0 Å². The van der Waals surface area contributed by atoms with E-state index in [4.69, 9.17) is 0 Å². The Morgan fingerprint density at radius 3 is 2.36 bits per heavy atom. The molecule has 1 aromatic rings. The summed E-state index contributed by atoms with van der Waals surface area (Å²) < 4.78 is 0. The molecule has 0 fully saturated rings. The molecule has 0 atom stereocenters. The molecule has 0 spiro atoms. The van der Waals surface area contributed by atoms with Gasteiger partial charge in [0, 0.05) is 25.5 Å². The molecule has 0 radical (unpaired) electrons. The molecule has 0 amide bonds. The highest BCUT2D eigenvalue weighted by atomic mass is 127. The zero-order valence-corrected chi connectivity index (χ0v) is 11.3. The van der Waals surface area contributed by atoms with Crippen molar-refractivity contribution in [2.75, 3.05) is 0 Å². The molecule has 14 heavy (non-hydrogen) atoms. The topological polar surface area (TPSA) is 14.0 Å². The number of benzene rings is 1. The van der Waals surface area contributed by atoms with Gasteiger partial charge in [-0.05, 0) is 19.4 Å². The highest BCUT2D eigenvalue weighted by Crippen LogP contribution is 2.09. The summed E-state index contributed by atoms with van der Waals surface area (Å²) in [6.45, 7) is 8.83. The largest absolute Gasteiger partial charge is 1.00 e. The fourth-order valence-corrected chi connectivity index (χ4v) is 2.01. The number of halogens is 1. The summed E-state index contributed by atoms with van der Waals surface area (Å²) in [4.78, 5) is 3.53. The van der Waals surface area contributed by atoms with Crippen molar-refractivity contribution in [1.82, 2.24) is 0 Å². The van der Waals surface area contributed by atoms with Gasteiger partial charge in [0.25, 0.3) is 0 Å². The van der Waals surface area contributed by atoms with E-state index >= 15 is 0 Å². The lowest BCUT2D eigenvalue weighted by atomic mass is 9.96. The van der Waals surface area contributed by atoms with Crippen molar-refractivity contribution in [2.24, 2.45) is 0 Å². The van der Waals surface area contributed by atoms with Crippen molar-refractivity contribution < 1.29 is 29.0 Å². The smallest absolute Gasteiger partial charge is 0.206 e. The van der Waals surface area contributed by atoms with Crippen LogP contribution in [-0.2, 0) is 0 Å². The van der Waals surface area contributed by atoms with E-state index in [9.17, 15) is 0 Å². The Morgan fingerprint density at radius 1 is 1.14 bits per heavy atom. The van der Waals surface area contributed by atoms with Gasteiger partial charge in [0.2, 0.25) is 5.36 Å². The number of nitrogens with one attached hydrogen (secondary N) is 1. The van der Waals surface area contributed by atoms with Crippen LogP contribution in [-0.4, -0.2) is 5.54 Å². The first kappa shape index (κ1) is 11.7. The number of hydrogen-bond acceptors (Lipinski definition) is 0. The molecule has 0 saturated heterocycles. The number of rotatable bonds is 0. The van der Waals surface area contributed by atoms with Gasteiger partial charge in [-0.3, -0.25) is 0 Å². The highest BCUT2D eigenvalue weighted by molar-refractivity contribution is 5.52. The van der Waals surface area contributed by atoms with E-state index in [-0.39, 0.29) is 29.5 Å². The Morgan fingerprint density at radius 2 is 1.79 bits per heavy atom. The van der Waals surface area contributed by atoms with Gasteiger partial charge in [0.05, 0.1) is 5.22 Å². The molecule has 1 N–H and O–H groups in total. The van der Waals surface area contributed by atoms with E-state index in [0.717, 1.165) is 0 Å². The molecule has 1 aliphatic heterocycles. The van der Waals surface area contributed by atoms with Crippen LogP contribution in [0.15, 0.2) is 18.2 Å². The maximum atomic E-state index is 3.53.